The minimum Gasteiger partial charge on any atom is -0.488 e. The van der Waals surface area contributed by atoms with Crippen LogP contribution in [0.1, 0.15) is 19.3 Å². The highest BCUT2D eigenvalue weighted by molar-refractivity contribution is 5.52. The molecule has 1 aromatic carbocycles. The number of nitrogen functional groups attached to an aromatic ring is 1. The number of hydrogen-bond donors (Lipinski definition) is 1. The molecule has 1 aliphatic carbocycles. The first-order chi connectivity index (χ1) is 9.12. The molecule has 0 heterocycles. The minimum absolute atomic E-state index is 0.0762. The second-order valence-corrected chi connectivity index (χ2v) is 4.84. The lowest BCUT2D eigenvalue weighted by Gasteiger charge is -2.33. The van der Waals surface area contributed by atoms with E-state index in [4.69, 9.17) is 19.9 Å². The van der Waals surface area contributed by atoms with E-state index < -0.39 is 0 Å². The number of halogens is 1. The summed E-state index contributed by atoms with van der Waals surface area (Å²) >= 11 is 0. The van der Waals surface area contributed by atoms with Crippen molar-refractivity contribution in [2.24, 2.45) is 0 Å². The third kappa shape index (κ3) is 3.58. The monoisotopic (exact) mass is 269 g/mol. The molecule has 0 bridgehead atoms. The number of ether oxygens (including phenoxy) is 3. The summed E-state index contributed by atoms with van der Waals surface area (Å²) in [6, 6.07) is 4.14. The molecule has 0 saturated heterocycles. The number of hydrogen-bond acceptors (Lipinski definition) is 4. The van der Waals surface area contributed by atoms with Gasteiger partial charge in [-0.1, -0.05) is 0 Å². The Morgan fingerprint density at radius 2 is 1.63 bits per heavy atom. The van der Waals surface area contributed by atoms with Crippen LogP contribution in [-0.2, 0) is 9.47 Å². The van der Waals surface area contributed by atoms with Gasteiger partial charge in [-0.3, -0.25) is 0 Å². The largest absolute Gasteiger partial charge is 0.488 e. The number of anilines is 1. The Bertz CT molecular complexity index is 415. The number of nitrogens with two attached hydrogens (primary N) is 1. The topological polar surface area (TPSA) is 53.7 Å². The van der Waals surface area contributed by atoms with Gasteiger partial charge in [0, 0.05) is 39.5 Å². The summed E-state index contributed by atoms with van der Waals surface area (Å²) in [5, 5.41) is 0. The van der Waals surface area contributed by atoms with Crippen molar-refractivity contribution < 1.29 is 18.6 Å². The molecule has 1 aromatic rings. The van der Waals surface area contributed by atoms with Crippen molar-refractivity contribution >= 4 is 5.69 Å². The van der Waals surface area contributed by atoms with Crippen LogP contribution in [0.4, 0.5) is 10.1 Å². The van der Waals surface area contributed by atoms with Crippen LogP contribution < -0.4 is 10.5 Å². The fourth-order valence-corrected chi connectivity index (χ4v) is 2.44. The van der Waals surface area contributed by atoms with E-state index in [1.807, 2.05) is 0 Å². The zero-order valence-electron chi connectivity index (χ0n) is 11.3. The second kappa shape index (κ2) is 6.21. The molecule has 2 unspecified atom stereocenters. The van der Waals surface area contributed by atoms with Crippen molar-refractivity contribution in [2.45, 2.75) is 37.6 Å². The molecule has 19 heavy (non-hydrogen) atoms. The maximum absolute atomic E-state index is 13.2. The smallest absolute Gasteiger partial charge is 0.145 e. The molecule has 0 radical (unpaired) electrons. The lowest BCUT2D eigenvalue weighted by Crippen LogP contribution is -2.38. The van der Waals surface area contributed by atoms with E-state index in [1.165, 1.54) is 18.2 Å². The van der Waals surface area contributed by atoms with Gasteiger partial charge in [-0.15, -0.1) is 0 Å². The average molecular weight is 269 g/mol. The Hall–Kier alpha value is -1.33. The van der Waals surface area contributed by atoms with Crippen LogP contribution in [0.3, 0.4) is 0 Å². The first-order valence-corrected chi connectivity index (χ1v) is 6.39. The van der Waals surface area contributed by atoms with Gasteiger partial charge >= 0.3 is 0 Å². The summed E-state index contributed by atoms with van der Waals surface area (Å²) < 4.78 is 29.8. The maximum Gasteiger partial charge on any atom is 0.145 e. The molecule has 106 valence electrons. The van der Waals surface area contributed by atoms with Gasteiger partial charge in [-0.05, 0) is 12.1 Å². The highest BCUT2D eigenvalue weighted by Crippen LogP contribution is 2.30. The van der Waals surface area contributed by atoms with Crippen molar-refractivity contribution in [3.63, 3.8) is 0 Å². The molecule has 2 N–H and O–H groups in total. The van der Waals surface area contributed by atoms with Crippen LogP contribution in [0.15, 0.2) is 18.2 Å². The Balaban J connectivity index is 2.06. The van der Waals surface area contributed by atoms with E-state index in [2.05, 4.69) is 0 Å². The van der Waals surface area contributed by atoms with Gasteiger partial charge in [-0.2, -0.15) is 0 Å². The summed E-state index contributed by atoms with van der Waals surface area (Å²) in [7, 11) is 3.35. The number of rotatable bonds is 4. The van der Waals surface area contributed by atoms with Gasteiger partial charge in [-0.25, -0.2) is 4.39 Å². The van der Waals surface area contributed by atoms with Gasteiger partial charge in [0.05, 0.1) is 17.9 Å². The Morgan fingerprint density at radius 3 is 2.21 bits per heavy atom. The van der Waals surface area contributed by atoms with E-state index in [9.17, 15) is 4.39 Å². The van der Waals surface area contributed by atoms with Crippen LogP contribution in [0.25, 0.3) is 0 Å². The summed E-state index contributed by atoms with van der Waals surface area (Å²) in [6.45, 7) is 0. The van der Waals surface area contributed by atoms with Gasteiger partial charge in [0.1, 0.15) is 17.7 Å². The van der Waals surface area contributed by atoms with Crippen molar-refractivity contribution in [1.82, 2.24) is 0 Å². The molecule has 0 amide bonds. The number of benzene rings is 1. The fourth-order valence-electron chi connectivity index (χ4n) is 2.44. The van der Waals surface area contributed by atoms with Gasteiger partial charge in [0.2, 0.25) is 0 Å². The van der Waals surface area contributed by atoms with Crippen molar-refractivity contribution in [1.29, 1.82) is 0 Å². The standard InChI is InChI=1S/C14H20FNO3/c1-17-10-6-11(18-2)8-12(7-10)19-14-5-9(15)3-4-13(14)16/h3-5,10-12H,6-8,16H2,1-2H3. The van der Waals surface area contributed by atoms with Crippen molar-refractivity contribution in [2.75, 3.05) is 20.0 Å². The molecule has 0 aromatic heterocycles. The van der Waals surface area contributed by atoms with E-state index in [0.29, 0.717) is 11.4 Å². The zero-order valence-corrected chi connectivity index (χ0v) is 11.3. The second-order valence-electron chi connectivity index (χ2n) is 4.84. The molecule has 5 heteroatoms. The predicted molar refractivity (Wildman–Crippen MR) is 70.7 cm³/mol. The van der Waals surface area contributed by atoms with Crippen LogP contribution in [-0.4, -0.2) is 32.5 Å². The quantitative estimate of drug-likeness (QED) is 0.853. The SMILES string of the molecule is COC1CC(OC)CC(Oc2cc(F)ccc2N)C1. The molecule has 2 rings (SSSR count). The first kappa shape index (κ1) is 14.1. The van der Waals surface area contributed by atoms with Gasteiger partial charge < -0.3 is 19.9 Å². The Morgan fingerprint density at radius 1 is 1.05 bits per heavy atom. The predicted octanol–water partition coefficient (Wildman–Crippen LogP) is 2.37. The van der Waals surface area contributed by atoms with Crippen molar-refractivity contribution in [3.05, 3.63) is 24.0 Å². The van der Waals surface area contributed by atoms with Crippen molar-refractivity contribution in [3.8, 4) is 5.75 Å². The molecule has 0 aliphatic heterocycles. The van der Waals surface area contributed by atoms with E-state index in [1.54, 1.807) is 14.2 Å². The molecule has 1 fully saturated rings. The molecule has 1 aliphatic rings. The third-order valence-corrected chi connectivity index (χ3v) is 3.51. The van der Waals surface area contributed by atoms with Crippen LogP contribution >= 0.6 is 0 Å². The molecular weight excluding hydrogens is 249 g/mol. The Kier molecular flexibility index (Phi) is 4.61. The third-order valence-electron chi connectivity index (χ3n) is 3.51. The van der Waals surface area contributed by atoms with Crippen LogP contribution in [0.5, 0.6) is 5.75 Å². The average Bonchev–Trinajstić information content (AvgIpc) is 2.42. The lowest BCUT2D eigenvalue weighted by molar-refractivity contribution is -0.0498. The normalized spacial score (nSPS) is 27.2. The van der Waals surface area contributed by atoms with E-state index >= 15 is 0 Å². The summed E-state index contributed by atoms with van der Waals surface area (Å²) in [4.78, 5) is 0. The number of methoxy groups -OCH3 is 2. The first-order valence-electron chi connectivity index (χ1n) is 6.39. The Labute approximate surface area is 112 Å². The molecule has 4 nitrogen and oxygen atoms in total. The molecular formula is C14H20FNO3. The summed E-state index contributed by atoms with van der Waals surface area (Å²) in [6.07, 6.45) is 2.48. The summed E-state index contributed by atoms with van der Waals surface area (Å²) in [5.41, 5.74) is 6.23. The summed E-state index contributed by atoms with van der Waals surface area (Å²) in [5.74, 6) is 0.0307. The zero-order chi connectivity index (χ0) is 13.8. The van der Waals surface area contributed by atoms with E-state index in [0.717, 1.165) is 19.3 Å². The van der Waals surface area contributed by atoms with Crippen LogP contribution in [0, 0.1) is 5.82 Å². The van der Waals surface area contributed by atoms with Crippen LogP contribution in [0.2, 0.25) is 0 Å². The molecule has 2 atom stereocenters. The minimum atomic E-state index is -0.355. The van der Waals surface area contributed by atoms with E-state index in [-0.39, 0.29) is 24.1 Å². The highest BCUT2D eigenvalue weighted by atomic mass is 19.1. The van der Waals surface area contributed by atoms with Gasteiger partial charge in [0.15, 0.2) is 0 Å². The maximum atomic E-state index is 13.2. The molecule has 1 saturated carbocycles. The lowest BCUT2D eigenvalue weighted by atomic mass is 9.92. The highest BCUT2D eigenvalue weighted by Gasteiger charge is 2.30. The molecule has 0 spiro atoms. The fraction of sp³-hybridized carbons (Fsp3) is 0.571. The van der Waals surface area contributed by atoms with Gasteiger partial charge in [0.25, 0.3) is 0 Å².